The highest BCUT2D eigenvalue weighted by Crippen LogP contribution is 2.24. The summed E-state index contributed by atoms with van der Waals surface area (Å²) in [6.07, 6.45) is 0. The van der Waals surface area contributed by atoms with Crippen LogP contribution in [0.15, 0.2) is 29.5 Å². The quantitative estimate of drug-likeness (QED) is 0.757. The number of carbonyl (C=O) groups is 2. The fourth-order valence-electron chi connectivity index (χ4n) is 3.85. The summed E-state index contributed by atoms with van der Waals surface area (Å²) in [5.74, 6) is -0.369. The molecule has 0 aromatic heterocycles. The number of hydrogen-bond donors (Lipinski definition) is 2. The number of piperazine rings is 1. The van der Waals surface area contributed by atoms with Crippen LogP contribution in [0.2, 0.25) is 0 Å². The average molecular weight is 386 g/mol. The molecule has 2 heterocycles. The van der Waals surface area contributed by atoms with E-state index in [-0.39, 0.29) is 18.0 Å². The van der Waals surface area contributed by atoms with Crippen LogP contribution in [0.1, 0.15) is 25.0 Å². The molecule has 0 aliphatic carbocycles. The van der Waals surface area contributed by atoms with E-state index in [0.717, 1.165) is 26.2 Å². The van der Waals surface area contributed by atoms with Crippen LogP contribution in [-0.2, 0) is 9.53 Å². The Kier molecular flexibility index (Phi) is 6.24. The normalized spacial score (nSPS) is 20.6. The highest BCUT2D eigenvalue weighted by molar-refractivity contribution is 5.94. The van der Waals surface area contributed by atoms with E-state index in [1.807, 2.05) is 6.92 Å². The molecule has 152 valence electrons. The molecule has 0 spiro atoms. The van der Waals surface area contributed by atoms with Gasteiger partial charge in [-0.3, -0.25) is 4.90 Å². The van der Waals surface area contributed by atoms with E-state index in [0.29, 0.717) is 24.4 Å². The second-order valence-corrected chi connectivity index (χ2v) is 7.42. The number of amides is 2. The predicted molar refractivity (Wildman–Crippen MR) is 109 cm³/mol. The van der Waals surface area contributed by atoms with Crippen LogP contribution < -0.4 is 15.5 Å². The van der Waals surface area contributed by atoms with Crippen molar-refractivity contribution in [2.24, 2.45) is 0 Å². The van der Waals surface area contributed by atoms with E-state index in [1.165, 1.54) is 16.8 Å². The third-order valence-corrected chi connectivity index (χ3v) is 5.54. The number of carbonyl (C=O) groups excluding carboxylic acids is 2. The number of esters is 1. The van der Waals surface area contributed by atoms with Crippen LogP contribution in [0.25, 0.3) is 0 Å². The molecule has 3 rings (SSSR count). The predicted octanol–water partition coefficient (Wildman–Crippen LogP) is 1.94. The van der Waals surface area contributed by atoms with Gasteiger partial charge in [0.15, 0.2) is 0 Å². The van der Waals surface area contributed by atoms with E-state index < -0.39 is 0 Å². The van der Waals surface area contributed by atoms with Gasteiger partial charge in [0, 0.05) is 44.1 Å². The van der Waals surface area contributed by atoms with E-state index in [1.54, 1.807) is 6.92 Å². The van der Waals surface area contributed by atoms with E-state index in [9.17, 15) is 9.59 Å². The van der Waals surface area contributed by atoms with Crippen molar-refractivity contribution in [1.82, 2.24) is 15.5 Å². The molecule has 2 amide bonds. The van der Waals surface area contributed by atoms with Crippen molar-refractivity contribution in [3.05, 3.63) is 40.6 Å². The minimum atomic E-state index is -0.369. The first kappa shape index (κ1) is 20.2. The maximum atomic E-state index is 12.4. The number of hydrogen-bond acceptors (Lipinski definition) is 5. The standard InChI is InChI=1S/C21H30N4O3/c1-5-28-20(26)19-16(4)22-21(27)23-17(19)13-24-9-11-25(12-10-24)18-8-6-7-14(2)15(18)3/h6-8,16H,5,9-13H2,1-4H3,(H2,22,23,27). The lowest BCUT2D eigenvalue weighted by Gasteiger charge is -2.38. The van der Waals surface area contributed by atoms with Crippen molar-refractivity contribution >= 4 is 17.7 Å². The zero-order chi connectivity index (χ0) is 20.3. The van der Waals surface area contributed by atoms with Gasteiger partial charge in [0.1, 0.15) is 0 Å². The zero-order valence-electron chi connectivity index (χ0n) is 17.2. The summed E-state index contributed by atoms with van der Waals surface area (Å²) < 4.78 is 5.19. The highest BCUT2D eigenvalue weighted by atomic mass is 16.5. The minimum absolute atomic E-state index is 0.274. The summed E-state index contributed by atoms with van der Waals surface area (Å²) in [7, 11) is 0. The summed E-state index contributed by atoms with van der Waals surface area (Å²) in [6.45, 7) is 12.3. The van der Waals surface area contributed by atoms with E-state index in [4.69, 9.17) is 4.74 Å². The third kappa shape index (κ3) is 4.30. The summed E-state index contributed by atoms with van der Waals surface area (Å²) >= 11 is 0. The molecule has 0 bridgehead atoms. The molecule has 1 fully saturated rings. The van der Waals surface area contributed by atoms with Gasteiger partial charge < -0.3 is 20.3 Å². The fourth-order valence-corrected chi connectivity index (χ4v) is 3.85. The molecule has 2 aliphatic heterocycles. The van der Waals surface area contributed by atoms with Crippen LogP contribution >= 0.6 is 0 Å². The molecular formula is C21H30N4O3. The Balaban J connectivity index is 1.70. The van der Waals surface area contributed by atoms with Gasteiger partial charge in [0.25, 0.3) is 0 Å². The van der Waals surface area contributed by atoms with Crippen molar-refractivity contribution in [2.45, 2.75) is 33.7 Å². The molecule has 1 unspecified atom stereocenters. The number of ether oxygens (including phenoxy) is 1. The van der Waals surface area contributed by atoms with Gasteiger partial charge in [-0.05, 0) is 44.9 Å². The van der Waals surface area contributed by atoms with Gasteiger partial charge >= 0.3 is 12.0 Å². The Labute approximate surface area is 166 Å². The number of rotatable bonds is 5. The first-order chi connectivity index (χ1) is 13.4. The topological polar surface area (TPSA) is 73.9 Å². The van der Waals surface area contributed by atoms with E-state index >= 15 is 0 Å². The van der Waals surface area contributed by atoms with Gasteiger partial charge in [-0.25, -0.2) is 9.59 Å². The number of urea groups is 1. The van der Waals surface area contributed by atoms with Crippen molar-refractivity contribution in [3.8, 4) is 0 Å². The number of aryl methyl sites for hydroxylation is 1. The van der Waals surface area contributed by atoms with Gasteiger partial charge in [-0.1, -0.05) is 12.1 Å². The maximum absolute atomic E-state index is 12.4. The molecule has 1 aromatic carbocycles. The number of nitrogens with one attached hydrogen (secondary N) is 2. The molecule has 2 aliphatic rings. The molecule has 7 nitrogen and oxygen atoms in total. The molecule has 0 radical (unpaired) electrons. The summed E-state index contributed by atoms with van der Waals surface area (Å²) in [5, 5.41) is 5.56. The van der Waals surface area contributed by atoms with Crippen molar-refractivity contribution in [2.75, 3.05) is 44.2 Å². The average Bonchev–Trinajstić information content (AvgIpc) is 2.64. The molecule has 7 heteroatoms. The maximum Gasteiger partial charge on any atom is 0.337 e. The number of benzene rings is 1. The third-order valence-electron chi connectivity index (χ3n) is 5.54. The Bertz CT molecular complexity index is 782. The molecule has 1 saturated heterocycles. The summed E-state index contributed by atoms with van der Waals surface area (Å²) in [6, 6.07) is 5.78. The summed E-state index contributed by atoms with van der Waals surface area (Å²) in [5.41, 5.74) is 5.07. The van der Waals surface area contributed by atoms with Crippen molar-refractivity contribution < 1.29 is 14.3 Å². The first-order valence-corrected chi connectivity index (χ1v) is 9.92. The van der Waals surface area contributed by atoms with E-state index in [2.05, 4.69) is 52.5 Å². The lowest BCUT2D eigenvalue weighted by atomic mass is 10.0. The smallest absolute Gasteiger partial charge is 0.337 e. The number of nitrogens with zero attached hydrogens (tertiary/aromatic N) is 2. The Morgan fingerprint density at radius 1 is 1.21 bits per heavy atom. The highest BCUT2D eigenvalue weighted by Gasteiger charge is 2.31. The van der Waals surface area contributed by atoms with Gasteiger partial charge in [0.2, 0.25) is 0 Å². The molecule has 28 heavy (non-hydrogen) atoms. The van der Waals surface area contributed by atoms with Crippen molar-refractivity contribution in [3.63, 3.8) is 0 Å². The van der Waals surface area contributed by atoms with Gasteiger partial charge in [-0.2, -0.15) is 0 Å². The largest absolute Gasteiger partial charge is 0.463 e. The second-order valence-electron chi connectivity index (χ2n) is 7.42. The van der Waals surface area contributed by atoms with Gasteiger partial charge in [-0.15, -0.1) is 0 Å². The lowest BCUT2D eigenvalue weighted by Crippen LogP contribution is -2.53. The Morgan fingerprint density at radius 2 is 1.93 bits per heavy atom. The zero-order valence-corrected chi connectivity index (χ0v) is 17.2. The first-order valence-electron chi connectivity index (χ1n) is 9.92. The van der Waals surface area contributed by atoms with Crippen LogP contribution in [0.4, 0.5) is 10.5 Å². The van der Waals surface area contributed by atoms with Crippen molar-refractivity contribution in [1.29, 1.82) is 0 Å². The van der Waals surface area contributed by atoms with Gasteiger partial charge in [0.05, 0.1) is 18.2 Å². The van der Waals surface area contributed by atoms with Crippen LogP contribution in [0.3, 0.4) is 0 Å². The van der Waals surface area contributed by atoms with Crippen LogP contribution in [-0.4, -0.2) is 62.3 Å². The van der Waals surface area contributed by atoms with Crippen LogP contribution in [0, 0.1) is 13.8 Å². The van der Waals surface area contributed by atoms with Crippen LogP contribution in [0.5, 0.6) is 0 Å². The molecule has 1 aromatic rings. The lowest BCUT2D eigenvalue weighted by molar-refractivity contribution is -0.139. The monoisotopic (exact) mass is 386 g/mol. The fraction of sp³-hybridized carbons (Fsp3) is 0.524. The second kappa shape index (κ2) is 8.65. The molecule has 0 saturated carbocycles. The molecular weight excluding hydrogens is 356 g/mol. The minimum Gasteiger partial charge on any atom is -0.463 e. The molecule has 1 atom stereocenters. The molecule has 2 N–H and O–H groups in total. The number of anilines is 1. The SMILES string of the molecule is CCOC(=O)C1=C(CN2CCN(c3cccc(C)c3C)CC2)NC(=O)NC1C. The Morgan fingerprint density at radius 3 is 2.61 bits per heavy atom. The summed E-state index contributed by atoms with van der Waals surface area (Å²) in [4.78, 5) is 29.0. The Hall–Kier alpha value is -2.54.